The van der Waals surface area contributed by atoms with Crippen molar-refractivity contribution >= 4 is 11.9 Å². The molecule has 0 radical (unpaired) electrons. The Morgan fingerprint density at radius 1 is 1.25 bits per heavy atom. The zero-order valence-corrected chi connectivity index (χ0v) is 8.59. The van der Waals surface area contributed by atoms with E-state index in [0.717, 1.165) is 0 Å². The Balaban J connectivity index is 2.65. The Bertz CT molecular complexity index is 364. The molecule has 0 aliphatic heterocycles. The molecule has 0 aromatic heterocycles. The third-order valence-electron chi connectivity index (χ3n) is 2.06. The molecule has 1 amide bonds. The molecule has 0 saturated heterocycles. The molecule has 1 rings (SSSR count). The largest absolute Gasteiger partial charge is 0.480 e. The quantitative estimate of drug-likeness (QED) is 0.668. The summed E-state index contributed by atoms with van der Waals surface area (Å²) in [5.41, 5.74) is 0.395. The fourth-order valence-corrected chi connectivity index (χ4v) is 1.22. The van der Waals surface area contributed by atoms with Gasteiger partial charge in [0.2, 0.25) is 0 Å². The first-order valence-electron chi connectivity index (χ1n) is 4.84. The van der Waals surface area contributed by atoms with E-state index in [2.05, 4.69) is 5.32 Å². The molecule has 1 atom stereocenters. The number of aliphatic hydroxyl groups is 1. The molecule has 16 heavy (non-hydrogen) atoms. The number of aliphatic carboxylic acids is 1. The highest BCUT2D eigenvalue weighted by molar-refractivity contribution is 5.96. The number of hydrogen-bond donors (Lipinski definition) is 3. The van der Waals surface area contributed by atoms with Crippen molar-refractivity contribution in [2.24, 2.45) is 0 Å². The summed E-state index contributed by atoms with van der Waals surface area (Å²) in [5.74, 6) is -1.61. The predicted octanol–water partition coefficient (Wildman–Crippen LogP) is 0.252. The van der Waals surface area contributed by atoms with E-state index in [0.29, 0.717) is 5.56 Å². The summed E-state index contributed by atoms with van der Waals surface area (Å²) in [6.07, 6.45) is -0.00604. The maximum Gasteiger partial charge on any atom is 0.326 e. The van der Waals surface area contributed by atoms with Gasteiger partial charge in [-0.2, -0.15) is 0 Å². The maximum atomic E-state index is 11.6. The van der Waals surface area contributed by atoms with Gasteiger partial charge in [-0.1, -0.05) is 18.2 Å². The van der Waals surface area contributed by atoms with E-state index < -0.39 is 17.9 Å². The van der Waals surface area contributed by atoms with Crippen molar-refractivity contribution in [3.05, 3.63) is 35.9 Å². The lowest BCUT2D eigenvalue weighted by Gasteiger charge is -2.12. The summed E-state index contributed by atoms with van der Waals surface area (Å²) in [4.78, 5) is 22.3. The minimum absolute atomic E-state index is 0.00604. The third kappa shape index (κ3) is 3.36. The molecule has 3 N–H and O–H groups in total. The lowest BCUT2D eigenvalue weighted by atomic mass is 10.1. The Morgan fingerprint density at radius 2 is 1.88 bits per heavy atom. The van der Waals surface area contributed by atoms with Crippen LogP contribution >= 0.6 is 0 Å². The summed E-state index contributed by atoms with van der Waals surface area (Å²) in [7, 11) is 0. The SMILES string of the molecule is O=C(N[C@H](CCO)C(=O)O)c1ccccc1. The summed E-state index contributed by atoms with van der Waals surface area (Å²) in [6.45, 7) is -0.286. The first kappa shape index (κ1) is 12.2. The van der Waals surface area contributed by atoms with Crippen molar-refractivity contribution in [3.63, 3.8) is 0 Å². The molecule has 86 valence electrons. The number of aliphatic hydroxyl groups excluding tert-OH is 1. The van der Waals surface area contributed by atoms with Gasteiger partial charge in [0.05, 0.1) is 0 Å². The van der Waals surface area contributed by atoms with Crippen LogP contribution in [0.5, 0.6) is 0 Å². The number of carbonyl (C=O) groups is 2. The highest BCUT2D eigenvalue weighted by Crippen LogP contribution is 2.00. The van der Waals surface area contributed by atoms with Gasteiger partial charge in [0.25, 0.3) is 5.91 Å². The van der Waals surface area contributed by atoms with Gasteiger partial charge >= 0.3 is 5.97 Å². The molecule has 0 unspecified atom stereocenters. The van der Waals surface area contributed by atoms with Gasteiger partial charge in [-0.25, -0.2) is 4.79 Å². The number of nitrogens with one attached hydrogen (secondary N) is 1. The normalized spacial score (nSPS) is 11.8. The van der Waals surface area contributed by atoms with Gasteiger partial charge < -0.3 is 15.5 Å². The Kier molecular flexibility index (Phi) is 4.47. The third-order valence-corrected chi connectivity index (χ3v) is 2.06. The molecule has 0 fully saturated rings. The van der Waals surface area contributed by atoms with Crippen molar-refractivity contribution in [3.8, 4) is 0 Å². The van der Waals surface area contributed by atoms with Gasteiger partial charge in [-0.05, 0) is 12.1 Å². The molecule has 0 heterocycles. The van der Waals surface area contributed by atoms with Crippen LogP contribution < -0.4 is 5.32 Å². The van der Waals surface area contributed by atoms with Crippen molar-refractivity contribution < 1.29 is 19.8 Å². The summed E-state index contributed by atoms with van der Waals surface area (Å²) in [6, 6.07) is 7.27. The number of benzene rings is 1. The van der Waals surface area contributed by atoms with Gasteiger partial charge in [0, 0.05) is 18.6 Å². The minimum Gasteiger partial charge on any atom is -0.480 e. The molecule has 1 aromatic rings. The fourth-order valence-electron chi connectivity index (χ4n) is 1.22. The molecule has 5 heteroatoms. The molecule has 1 aromatic carbocycles. The Labute approximate surface area is 92.7 Å². The molecule has 0 bridgehead atoms. The predicted molar refractivity (Wildman–Crippen MR) is 57.0 cm³/mol. The second kappa shape index (κ2) is 5.87. The highest BCUT2D eigenvalue weighted by atomic mass is 16.4. The van der Waals surface area contributed by atoms with Crippen LogP contribution in [0.15, 0.2) is 30.3 Å². The first-order valence-corrected chi connectivity index (χ1v) is 4.84. The molecule has 5 nitrogen and oxygen atoms in total. The number of carboxylic acids is 1. The monoisotopic (exact) mass is 223 g/mol. The van der Waals surface area contributed by atoms with Gasteiger partial charge in [0.15, 0.2) is 0 Å². The number of rotatable bonds is 5. The van der Waals surface area contributed by atoms with Gasteiger partial charge in [0.1, 0.15) is 6.04 Å². The molecular formula is C11H13NO4. The van der Waals surface area contributed by atoms with Crippen LogP contribution in [0.4, 0.5) is 0 Å². The van der Waals surface area contributed by atoms with Crippen molar-refractivity contribution in [1.82, 2.24) is 5.32 Å². The molecule has 0 aliphatic carbocycles. The Morgan fingerprint density at radius 3 is 2.38 bits per heavy atom. The van der Waals surface area contributed by atoms with E-state index in [-0.39, 0.29) is 13.0 Å². The first-order chi connectivity index (χ1) is 7.65. The standard InChI is InChI=1S/C11H13NO4/c13-7-6-9(11(15)16)12-10(14)8-4-2-1-3-5-8/h1-5,9,13H,6-7H2,(H,12,14)(H,15,16)/t9-/m1/s1. The minimum atomic E-state index is -1.15. The highest BCUT2D eigenvalue weighted by Gasteiger charge is 2.19. The maximum absolute atomic E-state index is 11.6. The van der Waals surface area contributed by atoms with E-state index in [1.807, 2.05) is 0 Å². The second-order valence-electron chi connectivity index (χ2n) is 3.24. The summed E-state index contributed by atoms with van der Waals surface area (Å²) in [5, 5.41) is 19.8. The lowest BCUT2D eigenvalue weighted by Crippen LogP contribution is -2.41. The van der Waals surface area contributed by atoms with E-state index in [9.17, 15) is 9.59 Å². The van der Waals surface area contributed by atoms with Crippen molar-refractivity contribution in [2.45, 2.75) is 12.5 Å². The van der Waals surface area contributed by atoms with Crippen LogP contribution in [-0.4, -0.2) is 34.7 Å². The van der Waals surface area contributed by atoms with Crippen molar-refractivity contribution in [2.75, 3.05) is 6.61 Å². The zero-order chi connectivity index (χ0) is 12.0. The fraction of sp³-hybridized carbons (Fsp3) is 0.273. The molecule has 0 spiro atoms. The van der Waals surface area contributed by atoms with Gasteiger partial charge in [-0.3, -0.25) is 4.79 Å². The molecule has 0 saturated carbocycles. The van der Waals surface area contributed by atoms with Crippen LogP contribution in [0, 0.1) is 0 Å². The van der Waals surface area contributed by atoms with Crippen LogP contribution in [0.1, 0.15) is 16.8 Å². The topological polar surface area (TPSA) is 86.6 Å². The second-order valence-corrected chi connectivity index (χ2v) is 3.24. The Hall–Kier alpha value is -1.88. The molecular weight excluding hydrogens is 210 g/mol. The average molecular weight is 223 g/mol. The van der Waals surface area contributed by atoms with Crippen LogP contribution in [0.25, 0.3) is 0 Å². The van der Waals surface area contributed by atoms with E-state index >= 15 is 0 Å². The lowest BCUT2D eigenvalue weighted by molar-refractivity contribution is -0.139. The van der Waals surface area contributed by atoms with Crippen LogP contribution in [0.3, 0.4) is 0 Å². The van der Waals surface area contributed by atoms with Crippen LogP contribution in [-0.2, 0) is 4.79 Å². The molecule has 0 aliphatic rings. The number of hydrogen-bond acceptors (Lipinski definition) is 3. The number of carboxylic acid groups (broad SMARTS) is 1. The average Bonchev–Trinajstić information content (AvgIpc) is 2.29. The van der Waals surface area contributed by atoms with E-state index in [1.165, 1.54) is 0 Å². The number of amides is 1. The summed E-state index contributed by atoms with van der Waals surface area (Å²) >= 11 is 0. The van der Waals surface area contributed by atoms with Crippen LogP contribution in [0.2, 0.25) is 0 Å². The number of carbonyl (C=O) groups excluding carboxylic acids is 1. The zero-order valence-electron chi connectivity index (χ0n) is 8.59. The summed E-state index contributed by atoms with van der Waals surface area (Å²) < 4.78 is 0. The van der Waals surface area contributed by atoms with Crippen molar-refractivity contribution in [1.29, 1.82) is 0 Å². The smallest absolute Gasteiger partial charge is 0.326 e. The van der Waals surface area contributed by atoms with E-state index in [1.54, 1.807) is 30.3 Å². The van der Waals surface area contributed by atoms with Gasteiger partial charge in [-0.15, -0.1) is 0 Å². The van der Waals surface area contributed by atoms with E-state index in [4.69, 9.17) is 10.2 Å².